The molecule has 1 amide bonds. The second-order valence-corrected chi connectivity index (χ2v) is 9.56. The summed E-state index contributed by atoms with van der Waals surface area (Å²) in [5.41, 5.74) is 9.46. The highest BCUT2D eigenvalue weighted by atomic mass is 19.3. The zero-order valence-electron chi connectivity index (χ0n) is 21.2. The van der Waals surface area contributed by atoms with Gasteiger partial charge in [-0.25, -0.2) is 19.6 Å². The van der Waals surface area contributed by atoms with Gasteiger partial charge in [0.25, 0.3) is 5.92 Å². The molecule has 0 bridgehead atoms. The van der Waals surface area contributed by atoms with Crippen LogP contribution in [0, 0.1) is 5.92 Å². The van der Waals surface area contributed by atoms with Gasteiger partial charge in [-0.05, 0) is 43.7 Å². The quantitative estimate of drug-likeness (QED) is 0.170. The molecule has 9 nitrogen and oxygen atoms in total. The van der Waals surface area contributed by atoms with Crippen LogP contribution in [0.25, 0.3) is 5.70 Å². The van der Waals surface area contributed by atoms with E-state index in [9.17, 15) is 13.6 Å². The lowest BCUT2D eigenvalue weighted by atomic mass is 10.1. The van der Waals surface area contributed by atoms with Crippen LogP contribution in [0.2, 0.25) is 0 Å². The van der Waals surface area contributed by atoms with Crippen LogP contribution >= 0.6 is 0 Å². The average Bonchev–Trinajstić information content (AvgIpc) is 3.64. The number of amidine groups is 1. The third-order valence-electron chi connectivity index (χ3n) is 6.43. The largest absolute Gasteiger partial charge is 0.395 e. The molecule has 0 unspecified atom stereocenters. The van der Waals surface area contributed by atoms with Gasteiger partial charge in [-0.15, -0.1) is 0 Å². The van der Waals surface area contributed by atoms with E-state index in [-0.39, 0.29) is 13.0 Å². The molecule has 1 saturated carbocycles. The summed E-state index contributed by atoms with van der Waals surface area (Å²) in [6.07, 6.45) is 4.73. The Morgan fingerprint density at radius 2 is 2.03 bits per heavy atom. The number of hydrogen-bond acceptors (Lipinski definition) is 8. The third kappa shape index (κ3) is 7.03. The molecule has 2 fully saturated rings. The van der Waals surface area contributed by atoms with Crippen LogP contribution in [0.3, 0.4) is 0 Å². The molecule has 1 aliphatic heterocycles. The molecule has 2 aliphatic rings. The molecular formula is C24H38F2N8O. The van der Waals surface area contributed by atoms with Crippen molar-refractivity contribution >= 4 is 23.6 Å². The topological polar surface area (TPSA) is 107 Å². The van der Waals surface area contributed by atoms with Crippen molar-refractivity contribution in [3.63, 3.8) is 0 Å². The van der Waals surface area contributed by atoms with Crippen LogP contribution in [-0.2, 0) is 11.2 Å². The Bertz CT molecular complexity index is 961. The first kappa shape index (κ1) is 26.7. The Kier molecular flexibility index (Phi) is 8.52. The Hall–Kier alpha value is -2.95. The van der Waals surface area contributed by atoms with Gasteiger partial charge in [-0.2, -0.15) is 5.10 Å². The van der Waals surface area contributed by atoms with E-state index in [0.29, 0.717) is 60.5 Å². The van der Waals surface area contributed by atoms with Crippen LogP contribution in [-0.4, -0.2) is 78.8 Å². The molecule has 1 aromatic heterocycles. The van der Waals surface area contributed by atoms with Crippen molar-refractivity contribution in [1.82, 2.24) is 19.9 Å². The highest BCUT2D eigenvalue weighted by Crippen LogP contribution is 2.33. The van der Waals surface area contributed by atoms with Gasteiger partial charge >= 0.3 is 0 Å². The van der Waals surface area contributed by atoms with Crippen LogP contribution in [0.4, 0.5) is 14.5 Å². The number of carbonyl (C=O) groups is 1. The number of likely N-dealkylation sites (N-methyl/N-ethyl adjacent to an activating group) is 2. The van der Waals surface area contributed by atoms with Crippen molar-refractivity contribution in [2.75, 3.05) is 45.7 Å². The lowest BCUT2D eigenvalue weighted by Gasteiger charge is -2.35. The maximum atomic E-state index is 14.0. The molecule has 0 spiro atoms. The second-order valence-electron chi connectivity index (χ2n) is 9.56. The van der Waals surface area contributed by atoms with Gasteiger partial charge < -0.3 is 20.5 Å². The van der Waals surface area contributed by atoms with Gasteiger partial charge in [0.15, 0.2) is 0 Å². The number of carbonyl (C=O) groups excluding carboxylic acids is 1. The Morgan fingerprint density at radius 3 is 2.60 bits per heavy atom. The maximum absolute atomic E-state index is 14.0. The van der Waals surface area contributed by atoms with Crippen molar-refractivity contribution in [3.8, 4) is 0 Å². The van der Waals surface area contributed by atoms with E-state index in [1.807, 2.05) is 13.0 Å². The van der Waals surface area contributed by atoms with E-state index < -0.39 is 5.92 Å². The predicted molar refractivity (Wildman–Crippen MR) is 134 cm³/mol. The van der Waals surface area contributed by atoms with Crippen molar-refractivity contribution < 1.29 is 13.6 Å². The number of hydrogen-bond donors (Lipinski definition) is 2. The first-order chi connectivity index (χ1) is 16.5. The Balaban J connectivity index is 1.86. The third-order valence-corrected chi connectivity index (χ3v) is 6.43. The number of amides is 1. The highest BCUT2D eigenvalue weighted by Gasteiger charge is 2.36. The minimum absolute atomic E-state index is 0.0840. The zero-order chi connectivity index (χ0) is 25.8. The minimum atomic E-state index is -2.70. The number of rotatable bonds is 10. The summed E-state index contributed by atoms with van der Waals surface area (Å²) in [6, 6.07) is 3.57. The molecule has 35 heavy (non-hydrogen) atoms. The van der Waals surface area contributed by atoms with Crippen LogP contribution in [0.15, 0.2) is 22.9 Å². The van der Waals surface area contributed by atoms with E-state index in [4.69, 9.17) is 16.6 Å². The summed E-state index contributed by atoms with van der Waals surface area (Å²) in [7, 11) is 5.18. The number of anilines is 1. The molecule has 0 atom stereocenters. The Morgan fingerprint density at radius 1 is 1.31 bits per heavy atom. The molecule has 1 aliphatic carbocycles. The molecule has 11 heteroatoms. The predicted octanol–water partition coefficient (Wildman–Crippen LogP) is 2.45. The fourth-order valence-electron chi connectivity index (χ4n) is 4.24. The lowest BCUT2D eigenvalue weighted by Crippen LogP contribution is -2.43. The average molecular weight is 493 g/mol. The number of hydrazone groups is 1. The smallest absolute Gasteiger partial charge is 0.265 e. The van der Waals surface area contributed by atoms with Crippen molar-refractivity contribution in [2.45, 2.75) is 51.4 Å². The fraction of sp³-hybridized carbons (Fsp3) is 0.625. The van der Waals surface area contributed by atoms with Gasteiger partial charge in [0.05, 0.1) is 41.6 Å². The number of hydrazine groups is 1. The summed E-state index contributed by atoms with van der Waals surface area (Å²) >= 11 is 0. The summed E-state index contributed by atoms with van der Waals surface area (Å²) in [5.74, 6) is 4.67. The van der Waals surface area contributed by atoms with E-state index in [0.717, 1.165) is 31.4 Å². The van der Waals surface area contributed by atoms with Crippen LogP contribution in [0.1, 0.15) is 50.4 Å². The number of pyridine rings is 1. The van der Waals surface area contributed by atoms with E-state index in [1.165, 1.54) is 9.91 Å². The maximum Gasteiger partial charge on any atom is 0.265 e. The molecule has 0 radical (unpaired) electrons. The molecule has 4 N–H and O–H groups in total. The SMILES string of the molecule is CCc1nc(/C(N)=C(\CN(C)/N=C(/CC2CC2)N(C)C=O)N(C)N)ccc1N1CCCC(F)(F)C1. The number of nitrogens with two attached hydrogens (primary N) is 2. The van der Waals surface area contributed by atoms with E-state index in [2.05, 4.69) is 5.10 Å². The number of nitrogens with zero attached hydrogens (tertiary/aromatic N) is 6. The summed E-state index contributed by atoms with van der Waals surface area (Å²) in [6.45, 7) is 2.52. The lowest BCUT2D eigenvalue weighted by molar-refractivity contribution is -0.114. The van der Waals surface area contributed by atoms with E-state index >= 15 is 0 Å². The van der Waals surface area contributed by atoms with Gasteiger partial charge in [0.1, 0.15) is 5.84 Å². The van der Waals surface area contributed by atoms with Gasteiger partial charge in [-0.1, -0.05) is 6.92 Å². The van der Waals surface area contributed by atoms with Crippen molar-refractivity contribution in [3.05, 3.63) is 29.2 Å². The molecule has 0 aromatic carbocycles. The Labute approximate surface area is 206 Å². The highest BCUT2D eigenvalue weighted by molar-refractivity contribution is 5.90. The monoisotopic (exact) mass is 492 g/mol. The first-order valence-corrected chi connectivity index (χ1v) is 12.1. The molecule has 1 aromatic rings. The number of halogens is 2. The van der Waals surface area contributed by atoms with Gasteiger partial charge in [-0.3, -0.25) is 9.80 Å². The number of aromatic nitrogens is 1. The summed E-state index contributed by atoms with van der Waals surface area (Å²) in [5, 5.41) is 7.75. The normalized spacial score (nSPS) is 18.7. The standard InChI is InChI=1S/C24H38F2N8O/c1-5-18-20(34-12-6-11-24(25,26)15-34)10-9-19(29-18)23(27)21(33(4)28)14-32(3)30-22(31(2)16-35)13-17-7-8-17/h9-10,16-17H,5-8,11-15,27-28H2,1-4H3/b23-21-,30-22-. The van der Waals surface area contributed by atoms with Gasteiger partial charge in [0, 0.05) is 40.5 Å². The zero-order valence-corrected chi connectivity index (χ0v) is 21.2. The van der Waals surface area contributed by atoms with Gasteiger partial charge in [0.2, 0.25) is 6.41 Å². The summed E-state index contributed by atoms with van der Waals surface area (Å²) in [4.78, 5) is 19.2. The summed E-state index contributed by atoms with van der Waals surface area (Å²) < 4.78 is 28.0. The molecular weight excluding hydrogens is 454 g/mol. The van der Waals surface area contributed by atoms with Crippen LogP contribution in [0.5, 0.6) is 0 Å². The molecule has 3 rings (SSSR count). The number of alkyl halides is 2. The fourth-order valence-corrected chi connectivity index (χ4v) is 4.24. The molecule has 1 saturated heterocycles. The number of piperidine rings is 1. The van der Waals surface area contributed by atoms with Crippen LogP contribution < -0.4 is 16.5 Å². The number of aryl methyl sites for hydroxylation is 1. The van der Waals surface area contributed by atoms with Crippen molar-refractivity contribution in [2.24, 2.45) is 22.6 Å². The first-order valence-electron chi connectivity index (χ1n) is 12.1. The van der Waals surface area contributed by atoms with Crippen molar-refractivity contribution in [1.29, 1.82) is 0 Å². The molecule has 194 valence electrons. The van der Waals surface area contributed by atoms with E-state index in [1.54, 1.807) is 37.1 Å². The molecule has 2 heterocycles. The second kappa shape index (κ2) is 11.2. The minimum Gasteiger partial charge on any atom is -0.395 e.